The molecule has 2 aromatic carbocycles. The van der Waals surface area contributed by atoms with Gasteiger partial charge in [-0.15, -0.1) is 0 Å². The van der Waals surface area contributed by atoms with Crippen molar-refractivity contribution in [1.82, 2.24) is 4.90 Å². The van der Waals surface area contributed by atoms with Crippen molar-refractivity contribution >= 4 is 23.4 Å². The minimum absolute atomic E-state index is 0.232. The molecular weight excluding hydrogens is 346 g/mol. The number of rotatable bonds is 5. The number of methoxy groups -OCH3 is 1. The molecule has 1 aliphatic rings. The monoisotopic (exact) mass is 367 g/mol. The molecule has 0 aliphatic carbocycles. The maximum atomic E-state index is 12.8. The lowest BCUT2D eigenvalue weighted by Gasteiger charge is -2.18. The highest BCUT2D eigenvalue weighted by molar-refractivity contribution is 6.09. The highest BCUT2D eigenvalue weighted by atomic mass is 16.5. The number of benzene rings is 2. The van der Waals surface area contributed by atoms with Crippen molar-refractivity contribution in [2.45, 2.75) is 6.42 Å². The van der Waals surface area contributed by atoms with Crippen LogP contribution in [0, 0.1) is 5.92 Å². The van der Waals surface area contributed by atoms with E-state index in [0.29, 0.717) is 42.1 Å². The number of carbonyl (C=O) groups excluding carboxylic acids is 3. The molecule has 1 unspecified atom stereocenters. The molecule has 7 nitrogen and oxygen atoms in total. The van der Waals surface area contributed by atoms with Crippen LogP contribution in [0.25, 0.3) is 0 Å². The average molecular weight is 367 g/mol. The number of nitrogens with two attached hydrogens (primary N) is 1. The minimum atomic E-state index is -0.397. The summed E-state index contributed by atoms with van der Waals surface area (Å²) in [6, 6.07) is 13.5. The van der Waals surface area contributed by atoms with E-state index in [1.54, 1.807) is 60.5 Å². The SMILES string of the molecule is COc1ccc(C(=O)Nc2ccccc2C(=O)N2CCC(C(N)=O)C2)cc1. The molecule has 3 amide bonds. The molecular formula is C20H21N3O4. The van der Waals surface area contributed by atoms with E-state index in [4.69, 9.17) is 10.5 Å². The van der Waals surface area contributed by atoms with E-state index in [2.05, 4.69) is 5.32 Å². The zero-order valence-corrected chi connectivity index (χ0v) is 15.0. The van der Waals surface area contributed by atoms with Crippen LogP contribution < -0.4 is 15.8 Å². The van der Waals surface area contributed by atoms with Gasteiger partial charge >= 0.3 is 0 Å². The summed E-state index contributed by atoms with van der Waals surface area (Å²) in [6.07, 6.45) is 0.557. The molecule has 0 bridgehead atoms. The molecule has 7 heteroatoms. The number of amides is 3. The average Bonchev–Trinajstić information content (AvgIpc) is 3.18. The van der Waals surface area contributed by atoms with Crippen LogP contribution in [0.4, 0.5) is 5.69 Å². The topological polar surface area (TPSA) is 102 Å². The lowest BCUT2D eigenvalue weighted by Crippen LogP contribution is -2.32. The van der Waals surface area contributed by atoms with Gasteiger partial charge in [0.1, 0.15) is 5.75 Å². The predicted octanol–water partition coefficient (Wildman–Crippen LogP) is 1.89. The van der Waals surface area contributed by atoms with Gasteiger partial charge in [0.15, 0.2) is 0 Å². The number of anilines is 1. The van der Waals surface area contributed by atoms with Crippen LogP contribution in [0.5, 0.6) is 5.75 Å². The van der Waals surface area contributed by atoms with Crippen molar-refractivity contribution in [3.05, 3.63) is 59.7 Å². The van der Waals surface area contributed by atoms with Crippen molar-refractivity contribution in [2.75, 3.05) is 25.5 Å². The van der Waals surface area contributed by atoms with Crippen LogP contribution in [-0.4, -0.2) is 42.8 Å². The third-order valence-corrected chi connectivity index (χ3v) is 4.64. The highest BCUT2D eigenvalue weighted by Crippen LogP contribution is 2.23. The number of para-hydroxylation sites is 1. The van der Waals surface area contributed by atoms with Gasteiger partial charge in [0, 0.05) is 18.7 Å². The van der Waals surface area contributed by atoms with E-state index in [0.717, 1.165) is 0 Å². The molecule has 0 saturated carbocycles. The molecule has 27 heavy (non-hydrogen) atoms. The fourth-order valence-corrected chi connectivity index (χ4v) is 3.06. The Bertz CT molecular complexity index is 864. The summed E-state index contributed by atoms with van der Waals surface area (Å²) in [5.74, 6) is -0.625. The fourth-order valence-electron chi connectivity index (χ4n) is 3.06. The second-order valence-electron chi connectivity index (χ2n) is 6.37. The molecule has 0 radical (unpaired) electrons. The Morgan fingerprint density at radius 1 is 1.11 bits per heavy atom. The number of carbonyl (C=O) groups is 3. The lowest BCUT2D eigenvalue weighted by atomic mass is 10.1. The fraction of sp³-hybridized carbons (Fsp3) is 0.250. The highest BCUT2D eigenvalue weighted by Gasteiger charge is 2.31. The third-order valence-electron chi connectivity index (χ3n) is 4.64. The van der Waals surface area contributed by atoms with E-state index in [1.165, 1.54) is 0 Å². The molecule has 140 valence electrons. The number of ether oxygens (including phenoxy) is 1. The molecule has 3 rings (SSSR count). The van der Waals surface area contributed by atoms with Gasteiger partial charge in [0.2, 0.25) is 5.91 Å². The summed E-state index contributed by atoms with van der Waals surface area (Å²) in [5.41, 5.74) is 6.59. The molecule has 3 N–H and O–H groups in total. The molecule has 1 fully saturated rings. The van der Waals surface area contributed by atoms with Crippen LogP contribution in [-0.2, 0) is 4.79 Å². The molecule has 0 aromatic heterocycles. The van der Waals surface area contributed by atoms with Crippen LogP contribution in [0.3, 0.4) is 0 Å². The van der Waals surface area contributed by atoms with Crippen molar-refractivity contribution in [3.8, 4) is 5.75 Å². The van der Waals surface area contributed by atoms with E-state index in [1.807, 2.05) is 0 Å². The Morgan fingerprint density at radius 2 is 1.81 bits per heavy atom. The lowest BCUT2D eigenvalue weighted by molar-refractivity contribution is -0.121. The maximum Gasteiger partial charge on any atom is 0.255 e. The summed E-state index contributed by atoms with van der Waals surface area (Å²) in [6.45, 7) is 0.766. The molecule has 1 saturated heterocycles. The number of hydrogen-bond acceptors (Lipinski definition) is 4. The molecule has 1 atom stereocenters. The Morgan fingerprint density at radius 3 is 2.44 bits per heavy atom. The second kappa shape index (κ2) is 7.90. The van der Waals surface area contributed by atoms with Gasteiger partial charge in [-0.05, 0) is 42.8 Å². The zero-order valence-electron chi connectivity index (χ0n) is 15.0. The molecule has 1 aliphatic heterocycles. The van der Waals surface area contributed by atoms with Gasteiger partial charge in [-0.3, -0.25) is 14.4 Å². The van der Waals surface area contributed by atoms with Gasteiger partial charge in [0.25, 0.3) is 11.8 Å². The molecule has 0 spiro atoms. The standard InChI is InChI=1S/C20H21N3O4/c1-27-15-8-6-13(7-9-15)19(25)22-17-5-3-2-4-16(17)20(26)23-11-10-14(12-23)18(21)24/h2-9,14H,10-12H2,1H3,(H2,21,24)(H,22,25). The summed E-state index contributed by atoms with van der Waals surface area (Å²) in [5, 5.41) is 2.78. The first-order valence-corrected chi connectivity index (χ1v) is 8.62. The van der Waals surface area contributed by atoms with E-state index < -0.39 is 5.91 Å². The summed E-state index contributed by atoms with van der Waals surface area (Å²) in [7, 11) is 1.55. The number of hydrogen-bond donors (Lipinski definition) is 2. The Kier molecular flexibility index (Phi) is 5.40. The summed E-state index contributed by atoms with van der Waals surface area (Å²) >= 11 is 0. The van der Waals surface area contributed by atoms with Crippen molar-refractivity contribution in [2.24, 2.45) is 11.7 Å². The second-order valence-corrected chi connectivity index (χ2v) is 6.37. The Labute approximate surface area is 157 Å². The largest absolute Gasteiger partial charge is 0.497 e. The number of likely N-dealkylation sites (tertiary alicyclic amines) is 1. The molecule has 1 heterocycles. The quantitative estimate of drug-likeness (QED) is 0.842. The van der Waals surface area contributed by atoms with Crippen molar-refractivity contribution < 1.29 is 19.1 Å². The minimum Gasteiger partial charge on any atom is -0.497 e. The summed E-state index contributed by atoms with van der Waals surface area (Å²) < 4.78 is 5.09. The summed E-state index contributed by atoms with van der Waals surface area (Å²) in [4.78, 5) is 38.3. The first kappa shape index (κ1) is 18.4. The molecule has 2 aromatic rings. The third kappa shape index (κ3) is 4.08. The first-order valence-electron chi connectivity index (χ1n) is 8.62. The van der Waals surface area contributed by atoms with E-state index in [9.17, 15) is 14.4 Å². The Balaban J connectivity index is 1.76. The van der Waals surface area contributed by atoms with E-state index in [-0.39, 0.29) is 17.7 Å². The van der Waals surface area contributed by atoms with Crippen LogP contribution in [0.15, 0.2) is 48.5 Å². The van der Waals surface area contributed by atoms with Crippen molar-refractivity contribution in [1.29, 1.82) is 0 Å². The number of nitrogens with zero attached hydrogens (tertiary/aromatic N) is 1. The van der Waals surface area contributed by atoms with Crippen LogP contribution in [0.2, 0.25) is 0 Å². The van der Waals surface area contributed by atoms with Gasteiger partial charge in [-0.1, -0.05) is 12.1 Å². The normalized spacial score (nSPS) is 16.0. The Hall–Kier alpha value is -3.35. The predicted molar refractivity (Wildman–Crippen MR) is 101 cm³/mol. The number of primary amides is 1. The maximum absolute atomic E-state index is 12.8. The van der Waals surface area contributed by atoms with E-state index >= 15 is 0 Å². The number of nitrogens with one attached hydrogen (secondary N) is 1. The van der Waals surface area contributed by atoms with Crippen LogP contribution >= 0.6 is 0 Å². The van der Waals surface area contributed by atoms with Gasteiger partial charge < -0.3 is 20.7 Å². The smallest absolute Gasteiger partial charge is 0.255 e. The first-order chi connectivity index (χ1) is 13.0. The van der Waals surface area contributed by atoms with Gasteiger partial charge in [0.05, 0.1) is 24.3 Å². The van der Waals surface area contributed by atoms with Crippen molar-refractivity contribution in [3.63, 3.8) is 0 Å². The van der Waals surface area contributed by atoms with Gasteiger partial charge in [-0.25, -0.2) is 0 Å². The van der Waals surface area contributed by atoms with Gasteiger partial charge in [-0.2, -0.15) is 0 Å². The van der Waals surface area contributed by atoms with Crippen LogP contribution in [0.1, 0.15) is 27.1 Å². The zero-order chi connectivity index (χ0) is 19.4.